The zero-order valence-corrected chi connectivity index (χ0v) is 24.3. The van der Waals surface area contributed by atoms with Crippen LogP contribution in [0.15, 0.2) is 60.7 Å². The largest absolute Gasteiger partial charge is 0.390 e. The molecule has 41 heavy (non-hydrogen) atoms. The first-order valence-corrected chi connectivity index (χ1v) is 14.2. The summed E-state index contributed by atoms with van der Waals surface area (Å²) in [4.78, 5) is 26.1. The molecule has 0 saturated heterocycles. The van der Waals surface area contributed by atoms with E-state index in [1.54, 1.807) is 19.1 Å². The Morgan fingerprint density at radius 1 is 0.878 bits per heavy atom. The van der Waals surface area contributed by atoms with Gasteiger partial charge in [0.15, 0.2) is 0 Å². The van der Waals surface area contributed by atoms with Gasteiger partial charge in [-0.25, -0.2) is 8.78 Å². The molecule has 0 aliphatic carbocycles. The minimum atomic E-state index is -1.07. The molecule has 2 atom stereocenters. The minimum Gasteiger partial charge on any atom is -0.390 e. The van der Waals surface area contributed by atoms with Crippen LogP contribution in [0.5, 0.6) is 0 Å². The Morgan fingerprint density at radius 3 is 2.20 bits per heavy atom. The van der Waals surface area contributed by atoms with Crippen LogP contribution in [0.25, 0.3) is 0 Å². The van der Waals surface area contributed by atoms with E-state index in [-0.39, 0.29) is 24.4 Å². The van der Waals surface area contributed by atoms with Crippen LogP contribution in [-0.2, 0) is 19.4 Å². The zero-order valence-electron chi connectivity index (χ0n) is 24.3. The molecule has 0 heterocycles. The number of amides is 2. The van der Waals surface area contributed by atoms with Crippen LogP contribution >= 0.6 is 0 Å². The maximum atomic E-state index is 13.9. The van der Waals surface area contributed by atoms with Gasteiger partial charge in [0.25, 0.3) is 11.8 Å². The van der Waals surface area contributed by atoms with Crippen LogP contribution in [0.4, 0.5) is 8.78 Å². The number of aliphatic hydroxyl groups is 1. The third kappa shape index (κ3) is 10.4. The summed E-state index contributed by atoms with van der Waals surface area (Å²) in [6.45, 7) is 9.19. The van der Waals surface area contributed by atoms with Gasteiger partial charge in [-0.1, -0.05) is 45.0 Å². The van der Waals surface area contributed by atoms with Crippen LogP contribution in [0, 0.1) is 24.5 Å². The lowest BCUT2D eigenvalue weighted by molar-refractivity contribution is 0.0829. The molecule has 0 fully saturated rings. The van der Waals surface area contributed by atoms with E-state index in [0.717, 1.165) is 30.0 Å². The SMILES string of the molecule is CCc1cccc(CNC[C@@H](O)[C@H](Cc2cc(F)cc(F)c2)NC(=O)c2cc(C)cc(C(=O)NCCC(C)C)c2)c1. The van der Waals surface area contributed by atoms with Gasteiger partial charge in [-0.2, -0.15) is 0 Å². The Morgan fingerprint density at radius 2 is 1.54 bits per heavy atom. The lowest BCUT2D eigenvalue weighted by Gasteiger charge is -2.25. The van der Waals surface area contributed by atoms with Gasteiger partial charge in [-0.15, -0.1) is 0 Å². The predicted molar refractivity (Wildman–Crippen MR) is 158 cm³/mol. The van der Waals surface area contributed by atoms with Crippen molar-refractivity contribution in [1.82, 2.24) is 16.0 Å². The molecule has 0 unspecified atom stereocenters. The number of carbonyl (C=O) groups is 2. The number of carbonyl (C=O) groups excluding carboxylic acids is 2. The van der Waals surface area contributed by atoms with Gasteiger partial charge in [-0.3, -0.25) is 9.59 Å². The number of hydrogen-bond acceptors (Lipinski definition) is 4. The van der Waals surface area contributed by atoms with E-state index in [9.17, 15) is 23.5 Å². The average molecular weight is 566 g/mol. The maximum absolute atomic E-state index is 13.9. The van der Waals surface area contributed by atoms with Gasteiger partial charge >= 0.3 is 0 Å². The van der Waals surface area contributed by atoms with Crippen molar-refractivity contribution < 1.29 is 23.5 Å². The first-order valence-electron chi connectivity index (χ1n) is 14.2. The molecule has 2 amide bonds. The highest BCUT2D eigenvalue weighted by Crippen LogP contribution is 2.15. The number of benzene rings is 3. The minimum absolute atomic E-state index is 0.00292. The number of rotatable bonds is 14. The summed E-state index contributed by atoms with van der Waals surface area (Å²) in [6.07, 6.45) is 0.685. The molecule has 0 aliphatic heterocycles. The van der Waals surface area contributed by atoms with Gasteiger partial charge in [0.05, 0.1) is 12.1 Å². The third-order valence-electron chi connectivity index (χ3n) is 6.85. The van der Waals surface area contributed by atoms with Crippen molar-refractivity contribution in [2.75, 3.05) is 13.1 Å². The fourth-order valence-corrected chi connectivity index (χ4v) is 4.61. The highest BCUT2D eigenvalue weighted by molar-refractivity contribution is 6.00. The van der Waals surface area contributed by atoms with E-state index in [2.05, 4.69) is 42.8 Å². The lowest BCUT2D eigenvalue weighted by atomic mass is 9.99. The summed E-state index contributed by atoms with van der Waals surface area (Å²) in [5, 5.41) is 20.0. The normalized spacial score (nSPS) is 12.7. The molecule has 0 radical (unpaired) electrons. The smallest absolute Gasteiger partial charge is 0.251 e. The van der Waals surface area contributed by atoms with Crippen LogP contribution in [0.1, 0.15) is 70.2 Å². The zero-order chi connectivity index (χ0) is 29.9. The van der Waals surface area contributed by atoms with E-state index >= 15 is 0 Å². The Kier molecular flexibility index (Phi) is 12.0. The van der Waals surface area contributed by atoms with Crippen molar-refractivity contribution in [3.8, 4) is 0 Å². The number of nitrogens with one attached hydrogen (secondary N) is 3. The van der Waals surface area contributed by atoms with Crippen molar-refractivity contribution in [3.05, 3.63) is 106 Å². The van der Waals surface area contributed by atoms with Crippen molar-refractivity contribution >= 4 is 11.8 Å². The Balaban J connectivity index is 1.75. The van der Waals surface area contributed by atoms with Gasteiger partial charge in [-0.05, 0) is 84.7 Å². The number of aryl methyl sites for hydroxylation is 2. The van der Waals surface area contributed by atoms with Gasteiger partial charge in [0, 0.05) is 36.8 Å². The van der Waals surface area contributed by atoms with Gasteiger partial charge in [0.2, 0.25) is 0 Å². The summed E-state index contributed by atoms with van der Waals surface area (Å²) in [7, 11) is 0. The molecule has 220 valence electrons. The molecule has 3 aromatic rings. The summed E-state index contributed by atoms with van der Waals surface area (Å²) in [5.74, 6) is -1.80. The summed E-state index contributed by atoms with van der Waals surface area (Å²) in [5.41, 5.74) is 3.91. The number of halogens is 2. The molecule has 0 bridgehead atoms. The van der Waals surface area contributed by atoms with Crippen LogP contribution < -0.4 is 16.0 Å². The molecule has 3 aromatic carbocycles. The monoisotopic (exact) mass is 565 g/mol. The number of aliphatic hydroxyl groups excluding tert-OH is 1. The van der Waals surface area contributed by atoms with Gasteiger partial charge in [0.1, 0.15) is 11.6 Å². The van der Waals surface area contributed by atoms with Crippen LogP contribution in [0.2, 0.25) is 0 Å². The van der Waals surface area contributed by atoms with E-state index in [4.69, 9.17) is 0 Å². The molecule has 0 aromatic heterocycles. The van der Waals surface area contributed by atoms with Gasteiger partial charge < -0.3 is 21.1 Å². The van der Waals surface area contributed by atoms with Crippen LogP contribution in [-0.4, -0.2) is 42.2 Å². The second-order valence-electron chi connectivity index (χ2n) is 11.0. The quantitative estimate of drug-likeness (QED) is 0.219. The summed E-state index contributed by atoms with van der Waals surface area (Å²) in [6, 6.07) is 15.3. The second kappa shape index (κ2) is 15.4. The second-order valence-corrected chi connectivity index (χ2v) is 11.0. The molecule has 3 rings (SSSR count). The van der Waals surface area contributed by atoms with E-state index in [0.29, 0.717) is 30.1 Å². The highest BCUT2D eigenvalue weighted by Gasteiger charge is 2.24. The fourth-order valence-electron chi connectivity index (χ4n) is 4.61. The standard InChI is InChI=1S/C33H41F2N3O3/c1-5-23-7-6-8-24(13-23)19-36-20-31(39)30(16-25-14-28(34)18-29(35)15-25)38-33(41)27-12-22(4)11-26(17-27)32(40)37-10-9-21(2)3/h6-8,11-15,17-18,21,30-31,36,39H,5,9-10,16,19-20H2,1-4H3,(H,37,40)(H,38,41)/t30-,31+/m0/s1. The Bertz CT molecular complexity index is 1310. The summed E-state index contributed by atoms with van der Waals surface area (Å²) < 4.78 is 27.8. The van der Waals surface area contributed by atoms with Crippen LogP contribution in [0.3, 0.4) is 0 Å². The van der Waals surface area contributed by atoms with Crippen molar-refractivity contribution in [2.45, 2.75) is 65.6 Å². The molecule has 0 saturated carbocycles. The lowest BCUT2D eigenvalue weighted by Crippen LogP contribution is -2.48. The first-order chi connectivity index (χ1) is 19.5. The molecule has 8 heteroatoms. The van der Waals surface area contributed by atoms with Crippen molar-refractivity contribution in [3.63, 3.8) is 0 Å². The Labute approximate surface area is 241 Å². The van der Waals surface area contributed by atoms with E-state index in [1.165, 1.54) is 23.8 Å². The summed E-state index contributed by atoms with van der Waals surface area (Å²) >= 11 is 0. The first kappa shape index (κ1) is 31.9. The molecule has 0 aliphatic rings. The highest BCUT2D eigenvalue weighted by atomic mass is 19.1. The topological polar surface area (TPSA) is 90.5 Å². The molecule has 4 N–H and O–H groups in total. The van der Waals surface area contributed by atoms with E-state index < -0.39 is 29.7 Å². The Hall–Kier alpha value is -3.62. The maximum Gasteiger partial charge on any atom is 0.251 e. The van der Waals surface area contributed by atoms with Crippen molar-refractivity contribution in [1.29, 1.82) is 0 Å². The molecule has 6 nitrogen and oxygen atoms in total. The van der Waals surface area contributed by atoms with E-state index in [1.807, 2.05) is 18.2 Å². The molecular formula is C33H41F2N3O3. The molecule has 0 spiro atoms. The van der Waals surface area contributed by atoms with Crippen molar-refractivity contribution in [2.24, 2.45) is 5.92 Å². The third-order valence-corrected chi connectivity index (χ3v) is 6.85. The predicted octanol–water partition coefficient (Wildman–Crippen LogP) is 5.10. The number of hydrogen-bond donors (Lipinski definition) is 4. The molecular weight excluding hydrogens is 524 g/mol. The average Bonchev–Trinajstić information content (AvgIpc) is 2.91. The fraction of sp³-hybridized carbons (Fsp3) is 0.394.